The van der Waals surface area contributed by atoms with Gasteiger partial charge in [-0.25, -0.2) is 18.0 Å². The van der Waals surface area contributed by atoms with E-state index in [9.17, 15) is 23.5 Å². The Balaban J connectivity index is 1.80. The van der Waals surface area contributed by atoms with Crippen molar-refractivity contribution in [3.8, 4) is 22.6 Å². The normalized spacial score (nSPS) is 11.8. The number of rotatable bonds is 11. The van der Waals surface area contributed by atoms with Crippen LogP contribution in [0.2, 0.25) is 0 Å². The van der Waals surface area contributed by atoms with Gasteiger partial charge in [0.05, 0.1) is 31.9 Å². The fourth-order valence-electron chi connectivity index (χ4n) is 4.56. The second-order valence-electron chi connectivity index (χ2n) is 8.96. The zero-order valence-electron chi connectivity index (χ0n) is 22.5. The highest BCUT2D eigenvalue weighted by molar-refractivity contribution is 6.00. The second-order valence-corrected chi connectivity index (χ2v) is 8.96. The number of hydrogen-bond donors (Lipinski definition) is 2. The van der Waals surface area contributed by atoms with E-state index < -0.39 is 47.4 Å². The maximum Gasteiger partial charge on any atom is 0.326 e. The quantitative estimate of drug-likeness (QED) is 0.253. The number of carbonyl (C=O) groups excluding carboxylic acids is 1. The Hall–Kier alpha value is -4.64. The van der Waals surface area contributed by atoms with Gasteiger partial charge in [0, 0.05) is 30.2 Å². The third kappa shape index (κ3) is 6.09. The number of aromatic nitrogens is 1. The molecule has 11 heteroatoms. The Morgan fingerprint density at radius 1 is 0.976 bits per heavy atom. The average molecular weight is 569 g/mol. The number of carboxylic acid groups (broad SMARTS) is 1. The molecule has 4 rings (SSSR count). The van der Waals surface area contributed by atoms with Crippen molar-refractivity contribution in [3.63, 3.8) is 0 Å². The van der Waals surface area contributed by atoms with Crippen LogP contribution in [-0.2, 0) is 22.6 Å². The number of nitrogens with one attached hydrogen (secondary N) is 1. The summed E-state index contributed by atoms with van der Waals surface area (Å²) in [5, 5.41) is 12.2. The van der Waals surface area contributed by atoms with Crippen LogP contribution in [0.25, 0.3) is 22.0 Å². The van der Waals surface area contributed by atoms with Gasteiger partial charge in [-0.3, -0.25) is 9.78 Å². The summed E-state index contributed by atoms with van der Waals surface area (Å²) in [6.45, 7) is 2.67. The van der Waals surface area contributed by atoms with Gasteiger partial charge in [-0.2, -0.15) is 0 Å². The molecule has 214 valence electrons. The number of fused-ring (bicyclic) bond motifs is 1. The van der Waals surface area contributed by atoms with Crippen LogP contribution < -0.4 is 14.8 Å². The molecular formula is C30H27F3N2O6. The number of ether oxygens (including phenoxy) is 3. The molecule has 1 heterocycles. The Kier molecular flexibility index (Phi) is 9.08. The summed E-state index contributed by atoms with van der Waals surface area (Å²) in [4.78, 5) is 29.1. The molecule has 0 fully saturated rings. The first kappa shape index (κ1) is 29.3. The van der Waals surface area contributed by atoms with E-state index in [2.05, 4.69) is 10.3 Å². The first-order valence-corrected chi connectivity index (χ1v) is 12.6. The number of amides is 1. The predicted octanol–water partition coefficient (Wildman–Crippen LogP) is 5.30. The summed E-state index contributed by atoms with van der Waals surface area (Å²) < 4.78 is 60.8. The third-order valence-electron chi connectivity index (χ3n) is 6.46. The van der Waals surface area contributed by atoms with Crippen LogP contribution in [0.15, 0.2) is 54.7 Å². The standard InChI is InChI=1S/C30H27F3N2O6/c1-4-41-15-16-11-24(39-2)26(25(12-16)40-3)19-13-22(33)18(17-7-6-10-34-28(17)19)14-23(30(37)38)35-29(36)27-20(31)8-5-9-21(27)32/h5-13,23H,4,14-15H2,1-3H3,(H,35,36)(H,37,38). The van der Waals surface area contributed by atoms with Gasteiger partial charge in [0.25, 0.3) is 5.91 Å². The molecule has 0 aliphatic heterocycles. The topological polar surface area (TPSA) is 107 Å². The maximum absolute atomic E-state index is 15.8. The minimum Gasteiger partial charge on any atom is -0.496 e. The van der Waals surface area contributed by atoms with E-state index in [4.69, 9.17) is 14.2 Å². The van der Waals surface area contributed by atoms with Crippen LogP contribution in [0.5, 0.6) is 11.5 Å². The summed E-state index contributed by atoms with van der Waals surface area (Å²) >= 11 is 0. The van der Waals surface area contributed by atoms with Gasteiger partial charge >= 0.3 is 5.97 Å². The number of nitrogens with zero attached hydrogens (tertiary/aromatic N) is 1. The summed E-state index contributed by atoms with van der Waals surface area (Å²) in [6, 6.07) is 8.88. The molecule has 41 heavy (non-hydrogen) atoms. The molecule has 3 aromatic carbocycles. The Bertz CT molecular complexity index is 1570. The first-order chi connectivity index (χ1) is 19.7. The Morgan fingerprint density at radius 3 is 2.22 bits per heavy atom. The minimum atomic E-state index is -1.72. The molecule has 1 atom stereocenters. The molecule has 0 aliphatic rings. The van der Waals surface area contributed by atoms with E-state index in [1.165, 1.54) is 26.5 Å². The lowest BCUT2D eigenvalue weighted by atomic mass is 9.93. The van der Waals surface area contributed by atoms with Crippen molar-refractivity contribution in [2.75, 3.05) is 20.8 Å². The molecule has 0 radical (unpaired) electrons. The molecule has 0 saturated carbocycles. The van der Waals surface area contributed by atoms with Gasteiger partial charge in [-0.1, -0.05) is 12.1 Å². The molecular weight excluding hydrogens is 541 g/mol. The van der Waals surface area contributed by atoms with Crippen LogP contribution in [0.1, 0.15) is 28.4 Å². The number of pyridine rings is 1. The van der Waals surface area contributed by atoms with Gasteiger partial charge in [-0.05, 0) is 54.4 Å². The van der Waals surface area contributed by atoms with Crippen molar-refractivity contribution in [3.05, 3.63) is 88.9 Å². The number of benzene rings is 3. The lowest BCUT2D eigenvalue weighted by Gasteiger charge is -2.20. The van der Waals surface area contributed by atoms with Crippen molar-refractivity contribution in [1.82, 2.24) is 10.3 Å². The van der Waals surface area contributed by atoms with Crippen LogP contribution >= 0.6 is 0 Å². The largest absolute Gasteiger partial charge is 0.496 e. The maximum atomic E-state index is 15.8. The highest BCUT2D eigenvalue weighted by Gasteiger charge is 2.28. The summed E-state index contributed by atoms with van der Waals surface area (Å²) in [5.41, 5.74) is 0.821. The second kappa shape index (κ2) is 12.7. The van der Waals surface area contributed by atoms with Crippen molar-refractivity contribution in [1.29, 1.82) is 0 Å². The molecule has 4 aromatic rings. The number of aliphatic carboxylic acids is 1. The van der Waals surface area contributed by atoms with E-state index in [0.29, 0.717) is 41.4 Å². The highest BCUT2D eigenvalue weighted by Crippen LogP contribution is 2.43. The monoisotopic (exact) mass is 568 g/mol. The van der Waals surface area contributed by atoms with Crippen LogP contribution in [0, 0.1) is 17.5 Å². The van der Waals surface area contributed by atoms with Crippen LogP contribution in [0.3, 0.4) is 0 Å². The molecule has 0 spiro atoms. The zero-order valence-corrected chi connectivity index (χ0v) is 22.5. The van der Waals surface area contributed by atoms with Gasteiger partial charge in [0.15, 0.2) is 0 Å². The summed E-state index contributed by atoms with van der Waals surface area (Å²) in [7, 11) is 2.92. The number of carboxylic acids is 1. The van der Waals surface area contributed by atoms with Crippen LogP contribution in [0.4, 0.5) is 13.2 Å². The third-order valence-corrected chi connectivity index (χ3v) is 6.46. The van der Waals surface area contributed by atoms with E-state index in [1.54, 1.807) is 24.3 Å². The lowest BCUT2D eigenvalue weighted by Crippen LogP contribution is -2.43. The van der Waals surface area contributed by atoms with Crippen molar-refractivity contribution in [2.24, 2.45) is 0 Å². The lowest BCUT2D eigenvalue weighted by molar-refractivity contribution is -0.139. The highest BCUT2D eigenvalue weighted by atomic mass is 19.1. The molecule has 0 aliphatic carbocycles. The SMILES string of the molecule is CCOCc1cc(OC)c(-c2cc(F)c(CC(NC(=O)c3c(F)cccc3F)C(=O)O)c3cccnc23)c(OC)c1. The minimum absolute atomic E-state index is 0.0653. The van der Waals surface area contributed by atoms with Crippen molar-refractivity contribution in [2.45, 2.75) is 26.0 Å². The average Bonchev–Trinajstić information content (AvgIpc) is 2.96. The van der Waals surface area contributed by atoms with E-state index in [1.807, 2.05) is 6.92 Å². The Morgan fingerprint density at radius 2 is 1.63 bits per heavy atom. The molecule has 1 amide bonds. The van der Waals surface area contributed by atoms with Gasteiger partial charge in [0.1, 0.15) is 40.6 Å². The number of halogens is 3. The smallest absolute Gasteiger partial charge is 0.326 e. The summed E-state index contributed by atoms with van der Waals surface area (Å²) in [5.74, 6) is -5.17. The number of hydrogen-bond acceptors (Lipinski definition) is 6. The van der Waals surface area contributed by atoms with E-state index in [0.717, 1.165) is 23.8 Å². The van der Waals surface area contributed by atoms with Crippen LogP contribution in [-0.4, -0.2) is 48.8 Å². The zero-order chi connectivity index (χ0) is 29.7. The van der Waals surface area contributed by atoms with Gasteiger partial charge in [-0.15, -0.1) is 0 Å². The molecule has 1 unspecified atom stereocenters. The Labute approximate surface area is 233 Å². The van der Waals surface area contributed by atoms with E-state index >= 15 is 4.39 Å². The first-order valence-electron chi connectivity index (χ1n) is 12.6. The molecule has 1 aromatic heterocycles. The summed E-state index contributed by atoms with van der Waals surface area (Å²) in [6.07, 6.45) is 0.959. The van der Waals surface area contributed by atoms with Gasteiger partial charge < -0.3 is 24.6 Å². The van der Waals surface area contributed by atoms with Gasteiger partial charge in [0.2, 0.25) is 0 Å². The predicted molar refractivity (Wildman–Crippen MR) is 145 cm³/mol. The fraction of sp³-hybridized carbons (Fsp3) is 0.233. The molecule has 0 saturated heterocycles. The van der Waals surface area contributed by atoms with E-state index in [-0.39, 0.29) is 10.9 Å². The number of carbonyl (C=O) groups is 2. The molecule has 0 bridgehead atoms. The molecule has 8 nitrogen and oxygen atoms in total. The fourth-order valence-corrected chi connectivity index (χ4v) is 4.56. The van der Waals surface area contributed by atoms with Crippen molar-refractivity contribution >= 4 is 22.8 Å². The van der Waals surface area contributed by atoms with Crippen molar-refractivity contribution < 1.29 is 42.1 Å². The number of methoxy groups -OCH3 is 2. The molecule has 2 N–H and O–H groups in total.